The van der Waals surface area contributed by atoms with Crippen LogP contribution in [0.2, 0.25) is 0 Å². The number of thiazole rings is 1. The second-order valence-electron chi connectivity index (χ2n) is 6.43. The topological polar surface area (TPSA) is 71.1 Å². The van der Waals surface area contributed by atoms with Crippen LogP contribution in [-0.2, 0) is 16.1 Å². The van der Waals surface area contributed by atoms with E-state index in [0.717, 1.165) is 23.2 Å². The maximum absolute atomic E-state index is 13.5. The summed E-state index contributed by atoms with van der Waals surface area (Å²) in [6.07, 6.45) is 5.42. The molecule has 144 valence electrons. The Morgan fingerprint density at radius 1 is 1.44 bits per heavy atom. The standard InChI is InChI=1S/C19H23FN4O2S/c1-3-13(6-7-26-2)8-18(25)24(11-15-10-21-12-22-15)19-23-16-5-4-14(20)9-17(16)27-19/h4-5,9-10,12-13H,3,6-8,11H2,1-2H3,(H,21,22). The van der Waals surface area contributed by atoms with E-state index in [1.807, 2.05) is 0 Å². The number of hydrogen-bond donors (Lipinski definition) is 1. The van der Waals surface area contributed by atoms with Crippen LogP contribution in [0.5, 0.6) is 0 Å². The third kappa shape index (κ3) is 4.90. The van der Waals surface area contributed by atoms with Gasteiger partial charge in [0.2, 0.25) is 5.91 Å². The van der Waals surface area contributed by atoms with Gasteiger partial charge in [-0.25, -0.2) is 14.4 Å². The summed E-state index contributed by atoms with van der Waals surface area (Å²) in [5.41, 5.74) is 1.50. The summed E-state index contributed by atoms with van der Waals surface area (Å²) in [5.74, 6) is -0.0737. The Morgan fingerprint density at radius 3 is 3.00 bits per heavy atom. The molecule has 1 N–H and O–H groups in total. The molecule has 0 saturated heterocycles. The van der Waals surface area contributed by atoms with Crippen molar-refractivity contribution in [3.63, 3.8) is 0 Å². The Morgan fingerprint density at radius 2 is 2.30 bits per heavy atom. The van der Waals surface area contributed by atoms with E-state index in [1.54, 1.807) is 30.6 Å². The molecule has 6 nitrogen and oxygen atoms in total. The van der Waals surface area contributed by atoms with Crippen LogP contribution in [0.3, 0.4) is 0 Å². The smallest absolute Gasteiger partial charge is 0.229 e. The van der Waals surface area contributed by atoms with Gasteiger partial charge in [-0.05, 0) is 30.5 Å². The molecule has 0 aliphatic heterocycles. The minimum Gasteiger partial charge on any atom is -0.385 e. The number of rotatable bonds is 9. The summed E-state index contributed by atoms with van der Waals surface area (Å²) in [6.45, 7) is 3.06. The zero-order chi connectivity index (χ0) is 19.2. The van der Waals surface area contributed by atoms with E-state index >= 15 is 0 Å². The fourth-order valence-corrected chi connectivity index (χ4v) is 3.90. The van der Waals surface area contributed by atoms with Gasteiger partial charge < -0.3 is 9.72 Å². The lowest BCUT2D eigenvalue weighted by atomic mass is 9.98. The van der Waals surface area contributed by atoms with Gasteiger partial charge in [-0.1, -0.05) is 24.7 Å². The molecule has 1 unspecified atom stereocenters. The van der Waals surface area contributed by atoms with Crippen molar-refractivity contribution in [2.75, 3.05) is 18.6 Å². The minimum atomic E-state index is -0.310. The normalized spacial score (nSPS) is 12.4. The number of hydrogen-bond acceptors (Lipinski definition) is 5. The molecule has 0 radical (unpaired) electrons. The van der Waals surface area contributed by atoms with Crippen molar-refractivity contribution in [3.8, 4) is 0 Å². The first kappa shape index (κ1) is 19.4. The highest BCUT2D eigenvalue weighted by Crippen LogP contribution is 2.31. The molecule has 1 atom stereocenters. The molecule has 1 amide bonds. The van der Waals surface area contributed by atoms with E-state index in [9.17, 15) is 9.18 Å². The molecule has 3 aromatic rings. The molecule has 2 heterocycles. The van der Waals surface area contributed by atoms with Crippen LogP contribution in [0.25, 0.3) is 10.2 Å². The van der Waals surface area contributed by atoms with Crippen molar-refractivity contribution in [3.05, 3.63) is 42.2 Å². The number of halogens is 1. The van der Waals surface area contributed by atoms with Gasteiger partial charge in [0.15, 0.2) is 5.13 Å². The van der Waals surface area contributed by atoms with Gasteiger partial charge in [-0.15, -0.1) is 0 Å². The molecular formula is C19H23FN4O2S. The third-order valence-corrected chi connectivity index (χ3v) is 5.57. The lowest BCUT2D eigenvalue weighted by molar-refractivity contribution is -0.119. The summed E-state index contributed by atoms with van der Waals surface area (Å²) >= 11 is 1.32. The van der Waals surface area contributed by atoms with Crippen LogP contribution in [-0.4, -0.2) is 34.6 Å². The highest BCUT2D eigenvalue weighted by molar-refractivity contribution is 7.22. The molecule has 0 bridgehead atoms. The molecule has 0 aliphatic carbocycles. The van der Waals surface area contributed by atoms with Crippen LogP contribution >= 0.6 is 11.3 Å². The fraction of sp³-hybridized carbons (Fsp3) is 0.421. The quantitative estimate of drug-likeness (QED) is 0.596. The third-order valence-electron chi connectivity index (χ3n) is 4.53. The Labute approximate surface area is 161 Å². The minimum absolute atomic E-state index is 0.00733. The van der Waals surface area contributed by atoms with Gasteiger partial charge in [0, 0.05) is 26.3 Å². The molecule has 1 aromatic carbocycles. The van der Waals surface area contributed by atoms with Gasteiger partial charge in [0.25, 0.3) is 0 Å². The number of anilines is 1. The van der Waals surface area contributed by atoms with Crippen LogP contribution in [0.15, 0.2) is 30.7 Å². The van der Waals surface area contributed by atoms with Crippen LogP contribution in [0.1, 0.15) is 31.9 Å². The van der Waals surface area contributed by atoms with Gasteiger partial charge in [0.1, 0.15) is 5.82 Å². The predicted molar refractivity (Wildman–Crippen MR) is 104 cm³/mol. The fourth-order valence-electron chi connectivity index (χ4n) is 2.90. The number of amides is 1. The lowest BCUT2D eigenvalue weighted by Crippen LogP contribution is -2.32. The number of fused-ring (bicyclic) bond motifs is 1. The summed E-state index contributed by atoms with van der Waals surface area (Å²) in [6, 6.07) is 4.46. The zero-order valence-corrected chi connectivity index (χ0v) is 16.3. The Hall–Kier alpha value is -2.32. The molecule has 0 aliphatic rings. The number of H-pyrrole nitrogens is 1. The molecule has 3 rings (SSSR count). The number of benzene rings is 1. The van der Waals surface area contributed by atoms with Crippen molar-refractivity contribution in [1.29, 1.82) is 0 Å². The number of carbonyl (C=O) groups excluding carboxylic acids is 1. The van der Waals surface area contributed by atoms with E-state index in [2.05, 4.69) is 21.9 Å². The number of aromatic amines is 1. The Kier molecular flexibility index (Phi) is 6.52. The molecule has 0 fully saturated rings. The second kappa shape index (κ2) is 9.05. The average Bonchev–Trinajstić information content (AvgIpc) is 3.31. The summed E-state index contributed by atoms with van der Waals surface area (Å²) in [5, 5.41) is 0.566. The SMILES string of the molecule is CCC(CCOC)CC(=O)N(Cc1cnc[nH]1)c1nc2ccc(F)cc2s1. The Balaban J connectivity index is 1.86. The summed E-state index contributed by atoms with van der Waals surface area (Å²) in [4.78, 5) is 26.3. The van der Waals surface area contributed by atoms with Gasteiger partial charge in [-0.2, -0.15) is 0 Å². The monoisotopic (exact) mass is 390 g/mol. The molecule has 0 spiro atoms. The van der Waals surface area contributed by atoms with Crippen molar-refractivity contribution >= 4 is 32.6 Å². The van der Waals surface area contributed by atoms with E-state index in [4.69, 9.17) is 4.74 Å². The van der Waals surface area contributed by atoms with Gasteiger partial charge >= 0.3 is 0 Å². The first-order valence-electron chi connectivity index (χ1n) is 8.93. The number of ether oxygens (including phenoxy) is 1. The number of methoxy groups -OCH3 is 1. The Bertz CT molecular complexity index is 881. The van der Waals surface area contributed by atoms with Crippen molar-refractivity contribution in [2.24, 2.45) is 5.92 Å². The van der Waals surface area contributed by atoms with E-state index in [-0.39, 0.29) is 17.6 Å². The van der Waals surface area contributed by atoms with Gasteiger partial charge in [-0.3, -0.25) is 9.69 Å². The second-order valence-corrected chi connectivity index (χ2v) is 7.43. The maximum atomic E-state index is 13.5. The highest BCUT2D eigenvalue weighted by atomic mass is 32.1. The zero-order valence-electron chi connectivity index (χ0n) is 15.4. The largest absolute Gasteiger partial charge is 0.385 e. The first-order chi connectivity index (χ1) is 13.1. The number of aromatic nitrogens is 3. The number of imidazole rings is 1. The number of nitrogens with one attached hydrogen (secondary N) is 1. The van der Waals surface area contributed by atoms with Crippen molar-refractivity contribution in [2.45, 2.75) is 32.7 Å². The van der Waals surface area contributed by atoms with Crippen LogP contribution in [0, 0.1) is 11.7 Å². The number of carbonyl (C=O) groups is 1. The maximum Gasteiger partial charge on any atom is 0.229 e. The van der Waals surface area contributed by atoms with E-state index in [1.165, 1.54) is 23.5 Å². The van der Waals surface area contributed by atoms with E-state index < -0.39 is 0 Å². The van der Waals surface area contributed by atoms with Gasteiger partial charge in [0.05, 0.1) is 28.8 Å². The molecule has 2 aromatic heterocycles. The van der Waals surface area contributed by atoms with Crippen LogP contribution < -0.4 is 4.90 Å². The highest BCUT2D eigenvalue weighted by Gasteiger charge is 2.23. The van der Waals surface area contributed by atoms with Crippen molar-refractivity contribution in [1.82, 2.24) is 15.0 Å². The first-order valence-corrected chi connectivity index (χ1v) is 9.75. The molecule has 27 heavy (non-hydrogen) atoms. The van der Waals surface area contributed by atoms with Crippen molar-refractivity contribution < 1.29 is 13.9 Å². The molecule has 0 saturated carbocycles. The van der Waals surface area contributed by atoms with Crippen LogP contribution in [0.4, 0.5) is 9.52 Å². The summed E-state index contributed by atoms with van der Waals surface area (Å²) < 4.78 is 19.4. The van der Waals surface area contributed by atoms with E-state index in [0.29, 0.717) is 30.2 Å². The molecular weight excluding hydrogens is 367 g/mol. The number of nitrogens with zero attached hydrogens (tertiary/aromatic N) is 3. The predicted octanol–water partition coefficient (Wildman–Crippen LogP) is 4.14. The lowest BCUT2D eigenvalue weighted by Gasteiger charge is -2.22. The average molecular weight is 390 g/mol. The summed E-state index contributed by atoms with van der Waals surface area (Å²) in [7, 11) is 1.67. The molecule has 8 heteroatoms.